The molecule has 0 heterocycles. The Morgan fingerprint density at radius 3 is 2.35 bits per heavy atom. The van der Waals surface area contributed by atoms with Gasteiger partial charge in [-0.15, -0.1) is 0 Å². The lowest BCUT2D eigenvalue weighted by Crippen LogP contribution is -2.28. The van der Waals surface area contributed by atoms with Crippen molar-refractivity contribution in [3.63, 3.8) is 0 Å². The number of carbonyl (C=O) groups is 1. The van der Waals surface area contributed by atoms with Gasteiger partial charge in [-0.2, -0.15) is 0 Å². The van der Waals surface area contributed by atoms with Crippen LogP contribution in [0.4, 0.5) is 0 Å². The lowest BCUT2D eigenvalue weighted by Gasteiger charge is -2.10. The highest BCUT2D eigenvalue weighted by molar-refractivity contribution is 7.52. The number of carboxylic acid groups (broad SMARTS) is 1. The standard InChI is InChI=1S/C9H19N2O5P/c10-4-2-1-3-7(6-17(14,15)16)5-8(11)9(12)13/h5,8H,1-4,6,10-11H2,(H,12,13)(H2,14,15,16). The van der Waals surface area contributed by atoms with Crippen LogP contribution in [0, 0.1) is 0 Å². The number of carboxylic acids is 1. The van der Waals surface area contributed by atoms with Gasteiger partial charge in [-0.3, -0.25) is 9.36 Å². The van der Waals surface area contributed by atoms with Crippen LogP contribution in [0.1, 0.15) is 19.3 Å². The first-order valence-corrected chi connectivity index (χ1v) is 6.98. The van der Waals surface area contributed by atoms with Crippen molar-refractivity contribution in [1.82, 2.24) is 0 Å². The van der Waals surface area contributed by atoms with Gasteiger partial charge in [-0.05, 0) is 25.8 Å². The molecule has 1 unspecified atom stereocenters. The molecule has 0 aromatic rings. The molecule has 1 atom stereocenters. The second kappa shape index (κ2) is 7.58. The minimum atomic E-state index is -4.20. The van der Waals surface area contributed by atoms with Crippen molar-refractivity contribution in [2.24, 2.45) is 11.5 Å². The van der Waals surface area contributed by atoms with E-state index in [2.05, 4.69) is 0 Å². The Morgan fingerprint density at radius 1 is 1.35 bits per heavy atom. The van der Waals surface area contributed by atoms with Crippen LogP contribution in [0.5, 0.6) is 0 Å². The SMILES string of the molecule is NCCCCC(=CC(N)C(=O)O)CP(=O)(O)O. The average molecular weight is 266 g/mol. The second-order valence-electron chi connectivity index (χ2n) is 3.76. The van der Waals surface area contributed by atoms with E-state index in [9.17, 15) is 9.36 Å². The van der Waals surface area contributed by atoms with E-state index in [1.807, 2.05) is 0 Å². The number of aliphatic carboxylic acids is 1. The van der Waals surface area contributed by atoms with Crippen molar-refractivity contribution in [2.45, 2.75) is 25.3 Å². The Hall–Kier alpha value is -0.720. The Morgan fingerprint density at radius 2 is 1.94 bits per heavy atom. The summed E-state index contributed by atoms with van der Waals surface area (Å²) in [7, 11) is -4.20. The van der Waals surface area contributed by atoms with Crippen LogP contribution >= 0.6 is 7.60 Å². The minimum Gasteiger partial charge on any atom is -0.480 e. The van der Waals surface area contributed by atoms with Gasteiger partial charge in [0.05, 0.1) is 6.16 Å². The maximum Gasteiger partial charge on any atom is 0.329 e. The molecule has 8 heteroatoms. The van der Waals surface area contributed by atoms with E-state index in [-0.39, 0.29) is 0 Å². The van der Waals surface area contributed by atoms with E-state index < -0.39 is 25.8 Å². The van der Waals surface area contributed by atoms with E-state index in [1.54, 1.807) is 0 Å². The molecule has 0 aliphatic carbocycles. The van der Waals surface area contributed by atoms with Crippen molar-refractivity contribution in [1.29, 1.82) is 0 Å². The summed E-state index contributed by atoms with van der Waals surface area (Å²) in [5, 5.41) is 8.62. The fourth-order valence-corrected chi connectivity index (χ4v) is 2.09. The normalized spacial score (nSPS) is 14.7. The molecule has 0 aromatic heterocycles. The molecule has 7 N–H and O–H groups in total. The van der Waals surface area contributed by atoms with E-state index >= 15 is 0 Å². The zero-order valence-electron chi connectivity index (χ0n) is 9.45. The lowest BCUT2D eigenvalue weighted by atomic mass is 10.1. The first kappa shape index (κ1) is 16.3. The largest absolute Gasteiger partial charge is 0.480 e. The number of nitrogens with two attached hydrogens (primary N) is 2. The molecule has 0 spiro atoms. The van der Waals surface area contributed by atoms with Crippen LogP contribution in [0.15, 0.2) is 11.6 Å². The third-order valence-electron chi connectivity index (χ3n) is 2.06. The lowest BCUT2D eigenvalue weighted by molar-refractivity contribution is -0.137. The van der Waals surface area contributed by atoms with Gasteiger partial charge in [0.25, 0.3) is 0 Å². The van der Waals surface area contributed by atoms with Crippen LogP contribution < -0.4 is 11.5 Å². The van der Waals surface area contributed by atoms with E-state index in [4.69, 9.17) is 26.4 Å². The van der Waals surface area contributed by atoms with Crippen LogP contribution in [0.3, 0.4) is 0 Å². The first-order valence-electron chi connectivity index (χ1n) is 5.19. The van der Waals surface area contributed by atoms with Crippen LogP contribution in [-0.2, 0) is 9.36 Å². The summed E-state index contributed by atoms with van der Waals surface area (Å²) in [6, 6.07) is -1.24. The summed E-state index contributed by atoms with van der Waals surface area (Å²) in [4.78, 5) is 28.3. The molecule has 0 saturated heterocycles. The van der Waals surface area contributed by atoms with Gasteiger partial charge in [-0.1, -0.05) is 11.6 Å². The Bertz CT molecular complexity index is 325. The molecular weight excluding hydrogens is 247 g/mol. The number of allylic oxidation sites excluding steroid dienone is 1. The van der Waals surface area contributed by atoms with Crippen molar-refractivity contribution < 1.29 is 24.3 Å². The van der Waals surface area contributed by atoms with Crippen LogP contribution in [0.25, 0.3) is 0 Å². The molecule has 0 amide bonds. The predicted octanol–water partition coefficient (Wildman–Crippen LogP) is -0.369. The summed E-state index contributed by atoms with van der Waals surface area (Å²) in [6.45, 7) is 0.480. The Balaban J connectivity index is 4.60. The van der Waals surface area contributed by atoms with Crippen LogP contribution in [-0.4, -0.2) is 39.6 Å². The van der Waals surface area contributed by atoms with Crippen LogP contribution in [0.2, 0.25) is 0 Å². The fraction of sp³-hybridized carbons (Fsp3) is 0.667. The van der Waals surface area contributed by atoms with Gasteiger partial charge in [0.2, 0.25) is 0 Å². The average Bonchev–Trinajstić information content (AvgIpc) is 2.15. The van der Waals surface area contributed by atoms with Gasteiger partial charge in [0.1, 0.15) is 6.04 Å². The van der Waals surface area contributed by atoms with Gasteiger partial charge >= 0.3 is 13.6 Å². The summed E-state index contributed by atoms with van der Waals surface area (Å²) in [5.41, 5.74) is 10.9. The van der Waals surface area contributed by atoms with Crippen molar-refractivity contribution in [2.75, 3.05) is 12.7 Å². The highest BCUT2D eigenvalue weighted by Gasteiger charge is 2.18. The third kappa shape index (κ3) is 9.02. The second-order valence-corrected chi connectivity index (χ2v) is 5.40. The highest BCUT2D eigenvalue weighted by Crippen LogP contribution is 2.37. The minimum absolute atomic E-state index is 0.363. The van der Waals surface area contributed by atoms with Crippen molar-refractivity contribution in [3.8, 4) is 0 Å². The number of unbranched alkanes of at least 4 members (excludes halogenated alkanes) is 1. The third-order valence-corrected chi connectivity index (χ3v) is 2.88. The predicted molar refractivity (Wildman–Crippen MR) is 63.5 cm³/mol. The molecule has 0 fully saturated rings. The van der Waals surface area contributed by atoms with Crippen molar-refractivity contribution in [3.05, 3.63) is 11.6 Å². The number of rotatable bonds is 8. The van der Waals surface area contributed by atoms with Gasteiger partial charge in [0, 0.05) is 0 Å². The van der Waals surface area contributed by atoms with E-state index in [1.165, 1.54) is 6.08 Å². The molecule has 0 rings (SSSR count). The zero-order chi connectivity index (χ0) is 13.5. The fourth-order valence-electron chi connectivity index (χ4n) is 1.30. The molecule has 0 radical (unpaired) electrons. The van der Waals surface area contributed by atoms with Crippen molar-refractivity contribution >= 4 is 13.6 Å². The molecule has 0 aliphatic rings. The summed E-state index contributed by atoms with van der Waals surface area (Å²) < 4.78 is 10.9. The summed E-state index contributed by atoms with van der Waals surface area (Å²) in [5.74, 6) is -1.23. The molecule has 7 nitrogen and oxygen atoms in total. The Labute approximate surface area is 99.7 Å². The number of hydrogen-bond acceptors (Lipinski definition) is 4. The molecule has 0 aromatic carbocycles. The smallest absolute Gasteiger partial charge is 0.329 e. The summed E-state index contributed by atoms with van der Waals surface area (Å²) >= 11 is 0. The highest BCUT2D eigenvalue weighted by atomic mass is 31.2. The molecular formula is C9H19N2O5P. The molecule has 0 saturated carbocycles. The molecule has 100 valence electrons. The monoisotopic (exact) mass is 266 g/mol. The van der Waals surface area contributed by atoms with E-state index in [0.29, 0.717) is 31.4 Å². The van der Waals surface area contributed by atoms with Gasteiger partial charge in [-0.25, -0.2) is 0 Å². The topological polar surface area (TPSA) is 147 Å². The maximum absolute atomic E-state index is 10.9. The van der Waals surface area contributed by atoms with E-state index in [0.717, 1.165) is 0 Å². The maximum atomic E-state index is 10.9. The Kier molecular flexibility index (Phi) is 7.26. The first-order chi connectivity index (χ1) is 7.76. The zero-order valence-corrected chi connectivity index (χ0v) is 10.3. The molecule has 0 bridgehead atoms. The van der Waals surface area contributed by atoms with Gasteiger partial charge in [0.15, 0.2) is 0 Å². The van der Waals surface area contributed by atoms with Gasteiger partial charge < -0.3 is 26.4 Å². The summed E-state index contributed by atoms with van der Waals surface area (Å²) in [6.07, 6.45) is 2.48. The number of hydrogen-bond donors (Lipinski definition) is 5. The molecule has 0 aliphatic heterocycles. The molecule has 17 heavy (non-hydrogen) atoms. The quantitative estimate of drug-likeness (QED) is 0.229.